The number of likely N-dealkylation sites (N-methyl/N-ethyl adjacent to an activating group) is 1. The van der Waals surface area contributed by atoms with Crippen LogP contribution in [0.3, 0.4) is 0 Å². The van der Waals surface area contributed by atoms with Gasteiger partial charge in [-0.15, -0.1) is 0 Å². The number of nitrogens with one attached hydrogen (secondary N) is 1. The Hall–Kier alpha value is -0.830. The topological polar surface area (TPSA) is 29.9 Å². The molecule has 0 aromatic carbocycles. The number of hydrogen-bond donors (Lipinski definition) is 1. The van der Waals surface area contributed by atoms with E-state index in [2.05, 4.69) is 30.6 Å². The molecule has 3 heteroatoms. The van der Waals surface area contributed by atoms with Crippen molar-refractivity contribution >= 4 is 0 Å². The molecule has 1 saturated carbocycles. The van der Waals surface area contributed by atoms with Crippen LogP contribution in [0.1, 0.15) is 57.4 Å². The van der Waals surface area contributed by atoms with E-state index in [0.29, 0.717) is 6.04 Å². The van der Waals surface area contributed by atoms with Gasteiger partial charge in [0.1, 0.15) is 0 Å². The fraction of sp³-hybridized carbons (Fsp3) is 0.824. The summed E-state index contributed by atoms with van der Waals surface area (Å²) >= 11 is 0. The zero-order valence-corrected chi connectivity index (χ0v) is 13.4. The summed E-state index contributed by atoms with van der Waals surface area (Å²) in [6.45, 7) is 2.30. The van der Waals surface area contributed by atoms with E-state index in [-0.39, 0.29) is 0 Å². The molecule has 0 amide bonds. The quantitative estimate of drug-likeness (QED) is 0.826. The number of unbranched alkanes of at least 4 members (excludes halogenated alkanes) is 1. The molecule has 0 aliphatic heterocycles. The third kappa shape index (κ3) is 4.34. The molecular weight excluding hydrogens is 246 g/mol. The predicted molar refractivity (Wildman–Crippen MR) is 84.7 cm³/mol. The number of hydrogen-bond acceptors (Lipinski definition) is 2. The summed E-state index contributed by atoms with van der Waals surface area (Å²) in [5.74, 6) is 1.85. The molecule has 0 spiro atoms. The first-order chi connectivity index (χ1) is 9.72. The lowest BCUT2D eigenvalue weighted by Crippen LogP contribution is -2.37. The lowest BCUT2D eigenvalue weighted by atomic mass is 9.76. The second kappa shape index (κ2) is 7.82. The summed E-state index contributed by atoms with van der Waals surface area (Å²) in [5, 5.41) is 7.83. The molecule has 1 N–H and O–H groups in total. The third-order valence-electron chi connectivity index (χ3n) is 5.01. The Balaban J connectivity index is 1.81. The highest BCUT2D eigenvalue weighted by atomic mass is 15.2. The Morgan fingerprint density at radius 3 is 2.65 bits per heavy atom. The van der Waals surface area contributed by atoms with E-state index in [1.165, 1.54) is 50.5 Å². The van der Waals surface area contributed by atoms with Crippen LogP contribution >= 0.6 is 0 Å². The van der Waals surface area contributed by atoms with Crippen molar-refractivity contribution in [1.82, 2.24) is 15.1 Å². The monoisotopic (exact) mass is 277 g/mol. The first kappa shape index (κ1) is 15.6. The Labute approximate surface area is 124 Å². The Morgan fingerprint density at radius 1 is 1.35 bits per heavy atom. The van der Waals surface area contributed by atoms with E-state index in [4.69, 9.17) is 0 Å². The van der Waals surface area contributed by atoms with Gasteiger partial charge in [0.15, 0.2) is 0 Å². The van der Waals surface area contributed by atoms with Gasteiger partial charge in [0.05, 0.1) is 6.20 Å². The lowest BCUT2D eigenvalue weighted by molar-refractivity contribution is 0.216. The molecule has 1 unspecified atom stereocenters. The lowest BCUT2D eigenvalue weighted by Gasteiger charge is -2.33. The maximum atomic E-state index is 4.28. The maximum absolute atomic E-state index is 4.28. The fourth-order valence-corrected chi connectivity index (χ4v) is 3.71. The molecule has 114 valence electrons. The molecule has 1 fully saturated rings. The van der Waals surface area contributed by atoms with Gasteiger partial charge in [0.25, 0.3) is 0 Å². The van der Waals surface area contributed by atoms with Gasteiger partial charge in [-0.25, -0.2) is 0 Å². The zero-order valence-electron chi connectivity index (χ0n) is 13.4. The van der Waals surface area contributed by atoms with E-state index >= 15 is 0 Å². The SMILES string of the molecule is CCCCC1CCC(C(Cc2cnn(C)c2)NC)CC1. The van der Waals surface area contributed by atoms with Crippen molar-refractivity contribution in [2.75, 3.05) is 7.05 Å². The average Bonchev–Trinajstić information content (AvgIpc) is 2.88. The summed E-state index contributed by atoms with van der Waals surface area (Å²) < 4.78 is 1.91. The molecular formula is C17H31N3. The minimum Gasteiger partial charge on any atom is -0.316 e. The molecule has 2 rings (SSSR count). The van der Waals surface area contributed by atoms with Crippen LogP contribution in [-0.2, 0) is 13.5 Å². The van der Waals surface area contributed by atoms with Crippen molar-refractivity contribution in [3.63, 3.8) is 0 Å². The van der Waals surface area contributed by atoms with Crippen molar-refractivity contribution in [3.8, 4) is 0 Å². The molecule has 20 heavy (non-hydrogen) atoms. The van der Waals surface area contributed by atoms with Crippen molar-refractivity contribution in [2.45, 2.75) is 64.3 Å². The van der Waals surface area contributed by atoms with Gasteiger partial charge in [-0.3, -0.25) is 4.68 Å². The second-order valence-corrected chi connectivity index (χ2v) is 6.54. The van der Waals surface area contributed by atoms with Crippen LogP contribution in [0, 0.1) is 11.8 Å². The van der Waals surface area contributed by atoms with Crippen molar-refractivity contribution in [3.05, 3.63) is 18.0 Å². The maximum Gasteiger partial charge on any atom is 0.0522 e. The van der Waals surface area contributed by atoms with Gasteiger partial charge in [-0.05, 0) is 43.7 Å². The van der Waals surface area contributed by atoms with Crippen LogP contribution in [0.5, 0.6) is 0 Å². The van der Waals surface area contributed by atoms with E-state index in [0.717, 1.165) is 18.3 Å². The largest absolute Gasteiger partial charge is 0.316 e. The van der Waals surface area contributed by atoms with Crippen molar-refractivity contribution in [1.29, 1.82) is 0 Å². The molecule has 3 nitrogen and oxygen atoms in total. The minimum absolute atomic E-state index is 0.617. The molecule has 1 aliphatic carbocycles. The van der Waals surface area contributed by atoms with E-state index in [9.17, 15) is 0 Å². The first-order valence-corrected chi connectivity index (χ1v) is 8.37. The summed E-state index contributed by atoms with van der Waals surface area (Å²) in [4.78, 5) is 0. The van der Waals surface area contributed by atoms with Crippen LogP contribution in [-0.4, -0.2) is 22.9 Å². The molecule has 0 saturated heterocycles. The fourth-order valence-electron chi connectivity index (χ4n) is 3.71. The Kier molecular flexibility index (Phi) is 6.08. The van der Waals surface area contributed by atoms with Crippen molar-refractivity contribution in [2.24, 2.45) is 18.9 Å². The molecule has 1 aliphatic rings. The highest BCUT2D eigenvalue weighted by Crippen LogP contribution is 2.34. The number of aromatic nitrogens is 2. The number of nitrogens with zero attached hydrogens (tertiary/aromatic N) is 2. The Morgan fingerprint density at radius 2 is 2.10 bits per heavy atom. The molecule has 1 aromatic heterocycles. The van der Waals surface area contributed by atoms with Crippen LogP contribution in [0.25, 0.3) is 0 Å². The van der Waals surface area contributed by atoms with E-state index in [1.807, 2.05) is 17.9 Å². The Bertz CT molecular complexity index is 377. The minimum atomic E-state index is 0.617. The summed E-state index contributed by atoms with van der Waals surface area (Å²) in [6, 6.07) is 0.617. The highest BCUT2D eigenvalue weighted by molar-refractivity contribution is 5.06. The number of aryl methyl sites for hydroxylation is 1. The summed E-state index contributed by atoms with van der Waals surface area (Å²) in [6.07, 6.45) is 15.2. The average molecular weight is 277 g/mol. The van der Waals surface area contributed by atoms with E-state index < -0.39 is 0 Å². The summed E-state index contributed by atoms with van der Waals surface area (Å²) in [5.41, 5.74) is 1.36. The molecule has 1 atom stereocenters. The van der Waals surface area contributed by atoms with Gasteiger partial charge < -0.3 is 5.32 Å². The van der Waals surface area contributed by atoms with Gasteiger partial charge in [0.2, 0.25) is 0 Å². The summed E-state index contributed by atoms with van der Waals surface area (Å²) in [7, 11) is 4.11. The van der Waals surface area contributed by atoms with E-state index in [1.54, 1.807) is 0 Å². The number of rotatable bonds is 7. The van der Waals surface area contributed by atoms with Crippen LogP contribution in [0.4, 0.5) is 0 Å². The molecule has 0 radical (unpaired) electrons. The third-order valence-corrected chi connectivity index (χ3v) is 5.01. The normalized spacial score (nSPS) is 24.8. The second-order valence-electron chi connectivity index (χ2n) is 6.54. The van der Waals surface area contributed by atoms with Gasteiger partial charge >= 0.3 is 0 Å². The first-order valence-electron chi connectivity index (χ1n) is 8.37. The van der Waals surface area contributed by atoms with Crippen molar-refractivity contribution < 1.29 is 0 Å². The molecule has 1 aromatic rings. The predicted octanol–water partition coefficient (Wildman–Crippen LogP) is 3.55. The van der Waals surface area contributed by atoms with Gasteiger partial charge in [-0.2, -0.15) is 5.10 Å². The van der Waals surface area contributed by atoms with Gasteiger partial charge in [0, 0.05) is 19.3 Å². The highest BCUT2D eigenvalue weighted by Gasteiger charge is 2.26. The molecule has 1 heterocycles. The zero-order chi connectivity index (χ0) is 14.4. The standard InChI is InChI=1S/C17H31N3/c1-4-5-6-14-7-9-16(10-8-14)17(18-2)11-15-12-19-20(3)13-15/h12-14,16-18H,4-11H2,1-3H3. The van der Waals surface area contributed by atoms with Crippen LogP contribution in [0.2, 0.25) is 0 Å². The van der Waals surface area contributed by atoms with Gasteiger partial charge in [-0.1, -0.05) is 39.0 Å². The van der Waals surface area contributed by atoms with Crippen LogP contribution < -0.4 is 5.32 Å². The van der Waals surface area contributed by atoms with Crippen LogP contribution in [0.15, 0.2) is 12.4 Å². The smallest absolute Gasteiger partial charge is 0.0522 e. The molecule has 0 bridgehead atoms.